The average Bonchev–Trinajstić information content (AvgIpc) is 2.83. The van der Waals surface area contributed by atoms with Crippen molar-refractivity contribution in [3.63, 3.8) is 0 Å². The molecule has 1 N–H and O–H groups in total. The van der Waals surface area contributed by atoms with Gasteiger partial charge in [0.2, 0.25) is 0 Å². The molecule has 0 unspecified atom stereocenters. The van der Waals surface area contributed by atoms with E-state index in [1.807, 2.05) is 22.8 Å². The van der Waals surface area contributed by atoms with Gasteiger partial charge in [0.1, 0.15) is 11.3 Å². The quantitative estimate of drug-likeness (QED) is 0.932. The lowest BCUT2D eigenvalue weighted by atomic mass is 10.0. The summed E-state index contributed by atoms with van der Waals surface area (Å²) in [5.41, 5.74) is 1.72. The summed E-state index contributed by atoms with van der Waals surface area (Å²) in [6.07, 6.45) is 2.05. The normalized spacial score (nSPS) is 17.7. The van der Waals surface area contributed by atoms with Crippen LogP contribution in [-0.4, -0.2) is 41.2 Å². The predicted octanol–water partition coefficient (Wildman–Crippen LogP) is 1.99. The molecule has 0 aliphatic carbocycles. The Kier molecular flexibility index (Phi) is 3.53. The van der Waals surface area contributed by atoms with Crippen LogP contribution in [0.2, 0.25) is 0 Å². The number of benzene rings is 1. The minimum atomic E-state index is -0.0283. The van der Waals surface area contributed by atoms with Crippen molar-refractivity contribution < 1.29 is 4.74 Å². The fraction of sp³-hybridized carbons (Fsp3) is 0.533. The van der Waals surface area contributed by atoms with Gasteiger partial charge in [-0.05, 0) is 31.5 Å². The Morgan fingerprint density at radius 3 is 2.75 bits per heavy atom. The summed E-state index contributed by atoms with van der Waals surface area (Å²) in [6, 6.07) is 6.09. The number of hydrogen-bond acceptors (Lipinski definition) is 3. The van der Waals surface area contributed by atoms with Gasteiger partial charge in [-0.1, -0.05) is 13.0 Å². The molecular weight excluding hydrogens is 254 g/mol. The predicted molar refractivity (Wildman–Crippen MR) is 79.5 cm³/mol. The zero-order chi connectivity index (χ0) is 14.1. The Bertz CT molecular complexity index is 651. The number of nitrogens with zero attached hydrogens (tertiary/aromatic N) is 2. The van der Waals surface area contributed by atoms with Gasteiger partial charge >= 0.3 is 5.69 Å². The van der Waals surface area contributed by atoms with E-state index in [9.17, 15) is 4.79 Å². The Hall–Kier alpha value is -1.75. The molecule has 1 fully saturated rings. The van der Waals surface area contributed by atoms with E-state index in [0.29, 0.717) is 0 Å². The summed E-state index contributed by atoms with van der Waals surface area (Å²) in [6.45, 7) is 5.39. The van der Waals surface area contributed by atoms with Crippen molar-refractivity contribution >= 4 is 11.0 Å². The van der Waals surface area contributed by atoms with Gasteiger partial charge in [0.05, 0.1) is 12.6 Å². The third-order valence-electron chi connectivity index (χ3n) is 4.30. The standard InChI is InChI=1S/C15H21N3O2/c1-3-17-9-7-11(8-10-17)18-12-5-4-6-13(20-2)14(12)16-15(18)19/h4-6,11H,3,7-10H2,1-2H3,(H,16,19). The van der Waals surface area contributed by atoms with Crippen molar-refractivity contribution in [3.8, 4) is 5.75 Å². The molecule has 2 aromatic rings. The maximum Gasteiger partial charge on any atom is 0.326 e. The first-order valence-corrected chi connectivity index (χ1v) is 7.24. The highest BCUT2D eigenvalue weighted by Gasteiger charge is 2.23. The van der Waals surface area contributed by atoms with E-state index in [1.54, 1.807) is 7.11 Å². The second-order valence-electron chi connectivity index (χ2n) is 5.32. The van der Waals surface area contributed by atoms with Crippen LogP contribution in [0.25, 0.3) is 11.0 Å². The minimum Gasteiger partial charge on any atom is -0.494 e. The largest absolute Gasteiger partial charge is 0.494 e. The van der Waals surface area contributed by atoms with Crippen LogP contribution in [-0.2, 0) is 0 Å². The highest BCUT2D eigenvalue weighted by Crippen LogP contribution is 2.28. The van der Waals surface area contributed by atoms with E-state index >= 15 is 0 Å². The topological polar surface area (TPSA) is 50.3 Å². The number of hydrogen-bond donors (Lipinski definition) is 1. The van der Waals surface area contributed by atoms with Crippen LogP contribution in [0, 0.1) is 0 Å². The summed E-state index contributed by atoms with van der Waals surface area (Å²) in [7, 11) is 1.63. The highest BCUT2D eigenvalue weighted by molar-refractivity contribution is 5.82. The van der Waals surface area contributed by atoms with Gasteiger partial charge in [0.15, 0.2) is 0 Å². The number of likely N-dealkylation sites (tertiary alicyclic amines) is 1. The van der Waals surface area contributed by atoms with Crippen LogP contribution in [0.1, 0.15) is 25.8 Å². The average molecular weight is 275 g/mol. The molecule has 0 radical (unpaired) electrons. The van der Waals surface area contributed by atoms with Gasteiger partial charge in [-0.3, -0.25) is 4.57 Å². The molecule has 5 heteroatoms. The first-order valence-electron chi connectivity index (χ1n) is 7.24. The maximum atomic E-state index is 12.3. The molecular formula is C15H21N3O2. The lowest BCUT2D eigenvalue weighted by molar-refractivity contribution is 0.195. The fourth-order valence-corrected chi connectivity index (χ4v) is 3.15. The summed E-state index contributed by atoms with van der Waals surface area (Å²) >= 11 is 0. The number of aromatic amines is 1. The zero-order valence-electron chi connectivity index (χ0n) is 12.1. The Labute approximate surface area is 118 Å². The number of ether oxygens (including phenoxy) is 1. The first kappa shape index (κ1) is 13.2. The van der Waals surface area contributed by atoms with Crippen molar-refractivity contribution in [2.45, 2.75) is 25.8 Å². The molecule has 1 aliphatic rings. The lowest BCUT2D eigenvalue weighted by Gasteiger charge is -2.31. The number of fused-ring (bicyclic) bond motifs is 1. The third-order valence-corrected chi connectivity index (χ3v) is 4.30. The van der Waals surface area contributed by atoms with E-state index in [0.717, 1.165) is 49.3 Å². The molecule has 1 aromatic carbocycles. The van der Waals surface area contributed by atoms with Gasteiger partial charge in [0.25, 0.3) is 0 Å². The number of H-pyrrole nitrogens is 1. The number of imidazole rings is 1. The zero-order valence-corrected chi connectivity index (χ0v) is 12.1. The van der Waals surface area contributed by atoms with Crippen LogP contribution >= 0.6 is 0 Å². The molecule has 1 aromatic heterocycles. The van der Waals surface area contributed by atoms with Gasteiger partial charge in [-0.15, -0.1) is 0 Å². The monoisotopic (exact) mass is 275 g/mol. The van der Waals surface area contributed by atoms with E-state index in [2.05, 4.69) is 16.8 Å². The molecule has 1 aliphatic heterocycles. The SMILES string of the molecule is CCN1CCC(n2c(=O)[nH]c3c(OC)cccc32)CC1. The number of aromatic nitrogens is 2. The summed E-state index contributed by atoms with van der Waals surface area (Å²) < 4.78 is 7.23. The molecule has 0 spiro atoms. The summed E-state index contributed by atoms with van der Waals surface area (Å²) in [4.78, 5) is 17.7. The molecule has 0 saturated carbocycles. The first-order chi connectivity index (χ1) is 9.74. The number of nitrogens with one attached hydrogen (secondary N) is 1. The van der Waals surface area contributed by atoms with Crippen LogP contribution < -0.4 is 10.4 Å². The molecule has 3 rings (SSSR count). The third kappa shape index (κ3) is 2.12. The Morgan fingerprint density at radius 1 is 1.35 bits per heavy atom. The number of rotatable bonds is 3. The van der Waals surface area contributed by atoms with E-state index < -0.39 is 0 Å². The van der Waals surface area contributed by atoms with Crippen LogP contribution in [0.3, 0.4) is 0 Å². The van der Waals surface area contributed by atoms with E-state index in [4.69, 9.17) is 4.74 Å². The van der Waals surface area contributed by atoms with E-state index in [-0.39, 0.29) is 11.7 Å². The molecule has 0 bridgehead atoms. The number of methoxy groups -OCH3 is 1. The molecule has 1 saturated heterocycles. The van der Waals surface area contributed by atoms with Crippen molar-refractivity contribution in [2.24, 2.45) is 0 Å². The Balaban J connectivity index is 2.00. The van der Waals surface area contributed by atoms with Gasteiger partial charge < -0.3 is 14.6 Å². The molecule has 2 heterocycles. The fourth-order valence-electron chi connectivity index (χ4n) is 3.15. The van der Waals surface area contributed by atoms with Crippen molar-refractivity contribution in [1.29, 1.82) is 0 Å². The van der Waals surface area contributed by atoms with E-state index in [1.165, 1.54) is 0 Å². The van der Waals surface area contributed by atoms with Crippen molar-refractivity contribution in [2.75, 3.05) is 26.7 Å². The van der Waals surface area contributed by atoms with Crippen LogP contribution in [0.15, 0.2) is 23.0 Å². The number of piperidine rings is 1. The summed E-state index contributed by atoms with van der Waals surface area (Å²) in [5, 5.41) is 0. The summed E-state index contributed by atoms with van der Waals surface area (Å²) in [5.74, 6) is 0.726. The smallest absolute Gasteiger partial charge is 0.326 e. The Morgan fingerprint density at radius 2 is 2.10 bits per heavy atom. The molecule has 108 valence electrons. The molecule has 5 nitrogen and oxygen atoms in total. The minimum absolute atomic E-state index is 0.0283. The van der Waals surface area contributed by atoms with Crippen LogP contribution in [0.5, 0.6) is 5.75 Å². The van der Waals surface area contributed by atoms with Crippen LogP contribution in [0.4, 0.5) is 0 Å². The van der Waals surface area contributed by atoms with Crippen molar-refractivity contribution in [1.82, 2.24) is 14.5 Å². The molecule has 0 atom stereocenters. The maximum absolute atomic E-state index is 12.3. The molecule has 20 heavy (non-hydrogen) atoms. The van der Waals surface area contributed by atoms with Gasteiger partial charge in [-0.25, -0.2) is 4.79 Å². The lowest BCUT2D eigenvalue weighted by Crippen LogP contribution is -2.36. The van der Waals surface area contributed by atoms with Gasteiger partial charge in [0, 0.05) is 19.1 Å². The number of para-hydroxylation sites is 1. The van der Waals surface area contributed by atoms with Crippen molar-refractivity contribution in [3.05, 3.63) is 28.7 Å². The second-order valence-corrected chi connectivity index (χ2v) is 5.32. The van der Waals surface area contributed by atoms with Gasteiger partial charge in [-0.2, -0.15) is 0 Å². The second kappa shape index (κ2) is 5.32. The highest BCUT2D eigenvalue weighted by atomic mass is 16.5. The molecule has 0 amide bonds.